The monoisotopic (exact) mass is 387 g/mol. The zero-order chi connectivity index (χ0) is 19.4. The first-order valence-electron chi connectivity index (χ1n) is 10.5. The van der Waals surface area contributed by atoms with Crippen LogP contribution in [0.3, 0.4) is 0 Å². The van der Waals surface area contributed by atoms with Gasteiger partial charge in [-0.1, -0.05) is 12.1 Å². The maximum atomic E-state index is 5.70. The van der Waals surface area contributed by atoms with Crippen molar-refractivity contribution in [3.63, 3.8) is 0 Å². The number of guanidine groups is 1. The molecule has 7 nitrogen and oxygen atoms in total. The van der Waals surface area contributed by atoms with Gasteiger partial charge in [0.15, 0.2) is 5.96 Å². The van der Waals surface area contributed by atoms with Gasteiger partial charge in [0, 0.05) is 39.3 Å². The largest absolute Gasteiger partial charge is 0.379 e. The number of aromatic amines is 1. The van der Waals surface area contributed by atoms with Crippen LogP contribution in [0.1, 0.15) is 38.4 Å². The number of imidazole rings is 1. The smallest absolute Gasteiger partial charge is 0.191 e. The van der Waals surface area contributed by atoms with Crippen LogP contribution >= 0.6 is 0 Å². The Morgan fingerprint density at radius 2 is 2.25 bits per heavy atom. The van der Waals surface area contributed by atoms with Crippen LogP contribution in [-0.2, 0) is 15.9 Å². The molecular formula is C21H33N5O2. The number of aromatic nitrogens is 2. The second kappa shape index (κ2) is 11.7. The van der Waals surface area contributed by atoms with E-state index in [4.69, 9.17) is 9.47 Å². The molecule has 1 aromatic heterocycles. The predicted molar refractivity (Wildman–Crippen MR) is 113 cm³/mol. The summed E-state index contributed by atoms with van der Waals surface area (Å²) < 4.78 is 11.3. The number of nitrogens with one attached hydrogen (secondary N) is 3. The molecule has 1 atom stereocenters. The summed E-state index contributed by atoms with van der Waals surface area (Å²) in [5, 5.41) is 6.67. The number of nitrogens with zero attached hydrogens (tertiary/aromatic N) is 2. The van der Waals surface area contributed by atoms with E-state index in [9.17, 15) is 0 Å². The van der Waals surface area contributed by atoms with Gasteiger partial charge in [-0.15, -0.1) is 0 Å². The molecule has 1 aromatic carbocycles. The average molecular weight is 388 g/mol. The highest BCUT2D eigenvalue weighted by Gasteiger charge is 2.14. The number of hydrogen-bond acceptors (Lipinski definition) is 4. The summed E-state index contributed by atoms with van der Waals surface area (Å²) in [5.74, 6) is 1.89. The lowest BCUT2D eigenvalue weighted by atomic mass is 10.2. The number of rotatable bonds is 11. The van der Waals surface area contributed by atoms with Crippen molar-refractivity contribution in [2.24, 2.45) is 4.99 Å². The Balaban J connectivity index is 1.30. The minimum atomic E-state index is 0.304. The molecule has 7 heteroatoms. The van der Waals surface area contributed by atoms with Gasteiger partial charge in [-0.2, -0.15) is 0 Å². The molecule has 0 amide bonds. The summed E-state index contributed by atoms with van der Waals surface area (Å²) in [7, 11) is 0. The van der Waals surface area contributed by atoms with Gasteiger partial charge in [0.2, 0.25) is 0 Å². The van der Waals surface area contributed by atoms with Crippen molar-refractivity contribution >= 4 is 17.0 Å². The summed E-state index contributed by atoms with van der Waals surface area (Å²) in [6.07, 6.45) is 5.41. The Labute approximate surface area is 167 Å². The quantitative estimate of drug-likeness (QED) is 0.314. The fourth-order valence-corrected chi connectivity index (χ4v) is 3.27. The molecule has 1 aliphatic heterocycles. The standard InChI is InChI=1S/C21H33N5O2/c1-2-22-21(24-13-7-14-27-16-17-8-6-15-28-17)23-12-5-11-20-25-18-9-3-4-10-19(18)26-20/h3-4,9-10,17H,2,5-8,11-16H2,1H3,(H,25,26)(H2,22,23,24). The van der Waals surface area contributed by atoms with Gasteiger partial charge in [0.05, 0.1) is 23.7 Å². The molecule has 3 rings (SSSR count). The van der Waals surface area contributed by atoms with Gasteiger partial charge >= 0.3 is 0 Å². The number of H-pyrrole nitrogens is 1. The normalized spacial score (nSPS) is 17.3. The number of aliphatic imine (C=N–C) groups is 1. The molecule has 0 bridgehead atoms. The van der Waals surface area contributed by atoms with E-state index in [1.807, 2.05) is 18.2 Å². The predicted octanol–water partition coefficient (Wildman–Crippen LogP) is 2.64. The fourth-order valence-electron chi connectivity index (χ4n) is 3.27. The molecule has 1 saturated heterocycles. The maximum absolute atomic E-state index is 5.70. The lowest BCUT2D eigenvalue weighted by molar-refractivity contribution is 0.0168. The molecule has 0 radical (unpaired) electrons. The van der Waals surface area contributed by atoms with Gasteiger partial charge in [-0.05, 0) is 44.7 Å². The molecule has 1 aliphatic rings. The van der Waals surface area contributed by atoms with Crippen molar-refractivity contribution < 1.29 is 9.47 Å². The van der Waals surface area contributed by atoms with E-state index in [1.54, 1.807) is 0 Å². The van der Waals surface area contributed by atoms with E-state index in [-0.39, 0.29) is 0 Å². The van der Waals surface area contributed by atoms with E-state index in [2.05, 4.69) is 38.6 Å². The second-order valence-corrected chi connectivity index (χ2v) is 7.06. The van der Waals surface area contributed by atoms with Gasteiger partial charge in [0.25, 0.3) is 0 Å². The summed E-state index contributed by atoms with van der Waals surface area (Å²) in [5.41, 5.74) is 2.12. The molecule has 154 valence electrons. The van der Waals surface area contributed by atoms with Crippen molar-refractivity contribution in [3.05, 3.63) is 30.1 Å². The summed E-state index contributed by atoms with van der Waals surface area (Å²) in [6, 6.07) is 8.13. The molecule has 3 N–H and O–H groups in total. The van der Waals surface area contributed by atoms with Crippen LogP contribution in [0.4, 0.5) is 0 Å². The zero-order valence-electron chi connectivity index (χ0n) is 16.9. The lowest BCUT2D eigenvalue weighted by Crippen LogP contribution is -2.38. The van der Waals surface area contributed by atoms with Crippen molar-refractivity contribution in [2.45, 2.75) is 45.1 Å². The second-order valence-electron chi connectivity index (χ2n) is 7.06. The highest BCUT2D eigenvalue weighted by atomic mass is 16.5. The zero-order valence-corrected chi connectivity index (χ0v) is 16.9. The van der Waals surface area contributed by atoms with E-state index in [0.29, 0.717) is 6.10 Å². The van der Waals surface area contributed by atoms with Crippen molar-refractivity contribution in [1.29, 1.82) is 0 Å². The van der Waals surface area contributed by atoms with Crippen LogP contribution in [0, 0.1) is 0 Å². The average Bonchev–Trinajstić information content (AvgIpc) is 3.36. The van der Waals surface area contributed by atoms with Gasteiger partial charge < -0.3 is 25.1 Å². The summed E-state index contributed by atoms with van der Waals surface area (Å²) >= 11 is 0. The van der Waals surface area contributed by atoms with Crippen molar-refractivity contribution in [3.8, 4) is 0 Å². The number of ether oxygens (including phenoxy) is 2. The molecule has 2 aromatic rings. The number of fused-ring (bicyclic) bond motifs is 1. The molecule has 28 heavy (non-hydrogen) atoms. The molecule has 1 unspecified atom stereocenters. The SMILES string of the molecule is CCNC(=NCCCc1nc2ccccc2[nH]1)NCCCOCC1CCCO1. The van der Waals surface area contributed by atoms with Gasteiger partial charge in [0.1, 0.15) is 5.82 Å². The number of para-hydroxylation sites is 2. The molecule has 1 fully saturated rings. The minimum absolute atomic E-state index is 0.304. The van der Waals surface area contributed by atoms with Crippen LogP contribution in [-0.4, -0.2) is 61.5 Å². The molecule has 0 aliphatic carbocycles. The Morgan fingerprint density at radius 1 is 1.32 bits per heavy atom. The van der Waals surface area contributed by atoms with Crippen molar-refractivity contribution in [2.75, 3.05) is 39.5 Å². The highest BCUT2D eigenvalue weighted by molar-refractivity contribution is 5.79. The first-order chi connectivity index (χ1) is 13.8. The van der Waals surface area contributed by atoms with Crippen LogP contribution in [0.25, 0.3) is 11.0 Å². The first-order valence-corrected chi connectivity index (χ1v) is 10.5. The van der Waals surface area contributed by atoms with Crippen LogP contribution < -0.4 is 10.6 Å². The Hall–Kier alpha value is -2.12. The van der Waals surface area contributed by atoms with Crippen LogP contribution in [0.15, 0.2) is 29.3 Å². The number of aryl methyl sites for hydroxylation is 1. The Kier molecular flexibility index (Phi) is 8.58. The van der Waals surface area contributed by atoms with E-state index in [1.165, 1.54) is 0 Å². The third-order valence-electron chi connectivity index (χ3n) is 4.71. The van der Waals surface area contributed by atoms with Gasteiger partial charge in [-0.3, -0.25) is 4.99 Å². The Morgan fingerprint density at radius 3 is 3.07 bits per heavy atom. The van der Waals surface area contributed by atoms with E-state index >= 15 is 0 Å². The number of hydrogen-bond donors (Lipinski definition) is 3. The lowest BCUT2D eigenvalue weighted by Gasteiger charge is -2.12. The molecule has 0 saturated carbocycles. The molecule has 0 spiro atoms. The third-order valence-corrected chi connectivity index (χ3v) is 4.71. The van der Waals surface area contributed by atoms with Crippen LogP contribution in [0.2, 0.25) is 0 Å². The maximum Gasteiger partial charge on any atom is 0.191 e. The topological polar surface area (TPSA) is 83.6 Å². The minimum Gasteiger partial charge on any atom is -0.379 e. The van der Waals surface area contributed by atoms with E-state index < -0.39 is 0 Å². The highest BCUT2D eigenvalue weighted by Crippen LogP contribution is 2.12. The first kappa shape index (κ1) is 20.6. The van der Waals surface area contributed by atoms with Gasteiger partial charge in [-0.25, -0.2) is 4.98 Å². The van der Waals surface area contributed by atoms with Crippen molar-refractivity contribution in [1.82, 2.24) is 20.6 Å². The Bertz CT molecular complexity index is 691. The number of benzene rings is 1. The van der Waals surface area contributed by atoms with Crippen LogP contribution in [0.5, 0.6) is 0 Å². The fraction of sp³-hybridized carbons (Fsp3) is 0.619. The summed E-state index contributed by atoms with van der Waals surface area (Å²) in [4.78, 5) is 12.6. The third kappa shape index (κ3) is 6.80. The van der Waals surface area contributed by atoms with E-state index in [0.717, 1.165) is 94.4 Å². The molecular weight excluding hydrogens is 354 g/mol. The summed E-state index contributed by atoms with van der Waals surface area (Å²) in [6.45, 7) is 6.90. The molecule has 2 heterocycles.